The molecule has 0 amide bonds. The quantitative estimate of drug-likeness (QED) is 0.0280. The number of anilines is 13. The van der Waals surface area contributed by atoms with Crippen LogP contribution in [-0.2, 0) is 51.4 Å². The van der Waals surface area contributed by atoms with Gasteiger partial charge in [0.15, 0.2) is 0 Å². The summed E-state index contributed by atoms with van der Waals surface area (Å²) < 4.78 is 173. The van der Waals surface area contributed by atoms with Crippen LogP contribution in [0.4, 0.5) is 73.9 Å². The Morgan fingerprint density at radius 2 is 0.597 bits per heavy atom. The number of hydrogen-bond donors (Lipinski definition) is 21. The number of hydrogen-bond acceptors (Lipinski definition) is 32. The van der Waals surface area contributed by atoms with Crippen LogP contribution in [0.1, 0.15) is 146 Å². The Hall–Kier alpha value is -8.54. The molecule has 14 rings (SSSR count). The second-order valence-corrected chi connectivity index (χ2v) is 38.1. The molecule has 8 aromatic carbocycles. The van der Waals surface area contributed by atoms with Crippen molar-refractivity contribution in [2.45, 2.75) is 201 Å². The average molecular weight is 2170 g/mol. The molecule has 6 fully saturated rings. The minimum Gasteiger partial charge on any atom is -0.495 e. The number of fused-ring (bicyclic) bond motifs is 1. The molecule has 40 nitrogen and oxygen atoms in total. The fraction of sp³-hybridized carbons (Fsp3) is 0.483. The van der Waals surface area contributed by atoms with Crippen molar-refractivity contribution in [2.24, 2.45) is 0 Å². The van der Waals surface area contributed by atoms with E-state index in [2.05, 4.69) is 73.6 Å². The molecule has 139 heavy (non-hydrogen) atoms. The Morgan fingerprint density at radius 3 is 0.921 bits per heavy atom. The fourth-order valence-electron chi connectivity index (χ4n) is 16.8. The molecule has 796 valence electrons. The molecule has 6 aliphatic heterocycles. The predicted molar refractivity (Wildman–Crippen MR) is 569 cm³/mol. The Morgan fingerprint density at radius 1 is 0.317 bits per heavy atom. The number of nitrogens with zero attached hydrogens (tertiary/aromatic N) is 6. The van der Waals surface area contributed by atoms with Crippen LogP contribution in [0, 0.1) is 6.92 Å². The van der Waals surface area contributed by atoms with Crippen LogP contribution < -0.4 is 83.7 Å². The van der Waals surface area contributed by atoms with Crippen LogP contribution in [0.3, 0.4) is 0 Å². The number of ether oxygens (including phenoxy) is 3. The molecule has 8 aromatic rings. The number of nitrogen functional groups attached to an aromatic ring is 7. The summed E-state index contributed by atoms with van der Waals surface area (Å²) in [5.74, 6) is 2.09. The first-order chi connectivity index (χ1) is 63.1. The number of rotatable bonds is 18. The lowest BCUT2D eigenvalue weighted by Gasteiger charge is -2.42. The van der Waals surface area contributed by atoms with E-state index in [1.165, 1.54) is 118 Å². The second-order valence-electron chi connectivity index (χ2n) is 32.6. The molecule has 28 N–H and O–H groups in total. The van der Waals surface area contributed by atoms with Crippen molar-refractivity contribution in [3.8, 4) is 17.2 Å². The van der Waals surface area contributed by atoms with Gasteiger partial charge in [-0.15, -0.1) is 62.0 Å². The van der Waals surface area contributed by atoms with E-state index in [0.29, 0.717) is 58.1 Å². The number of methoxy groups -OCH3 is 3. The summed E-state index contributed by atoms with van der Waals surface area (Å²) in [5.41, 5.74) is 53.1. The lowest BCUT2D eigenvalue weighted by molar-refractivity contribution is 0.187. The maximum Gasteiger partial charge on any atom is 0.394 e. The highest BCUT2D eigenvalue weighted by Crippen LogP contribution is 2.39. The van der Waals surface area contributed by atoms with Crippen molar-refractivity contribution in [3.05, 3.63) is 157 Å². The summed E-state index contributed by atoms with van der Waals surface area (Å²) in [5, 5.41) is 56.3. The largest absolute Gasteiger partial charge is 0.495 e. The van der Waals surface area contributed by atoms with Crippen LogP contribution in [0.25, 0.3) is 10.8 Å². The first-order valence-corrected chi connectivity index (χ1v) is 50.7. The van der Waals surface area contributed by atoms with E-state index in [4.69, 9.17) is 121 Å². The fourth-order valence-corrected chi connectivity index (χ4v) is 18.2. The molecule has 6 heterocycles. The van der Waals surface area contributed by atoms with Gasteiger partial charge in [-0.2, -0.15) is 42.1 Å². The van der Waals surface area contributed by atoms with Crippen LogP contribution >= 0.6 is 62.0 Å². The number of nitrogens with two attached hydrogens (primary N) is 7. The van der Waals surface area contributed by atoms with Gasteiger partial charge in [0.1, 0.15) is 27.0 Å². The van der Waals surface area contributed by atoms with Gasteiger partial charge in [0.2, 0.25) is 0 Å². The Balaban J connectivity index is -0.000000756. The summed E-state index contributed by atoms with van der Waals surface area (Å²) in [7, 11) is -18.1. The average Bonchev–Trinajstić information content (AvgIpc) is 0.700. The molecule has 0 aromatic heterocycles. The lowest BCUT2D eigenvalue weighted by Crippen LogP contribution is -2.50. The van der Waals surface area contributed by atoms with Gasteiger partial charge in [-0.05, 0) is 258 Å². The SMILES string of the molecule is COc1cc(N2C(C)CCCC2C)ccc1N.COc1cc(N2C(CO)CCCC2CO)ccc1N.COc1cc(N2CCCCC2CO)ccc1N.Cc1cc(N2CCCCC2CO)ccc1N.Cl.Cl.Cl.Cl.Cl.Nc1ccc(N2CCCCC2CCO)cc1.Nc1ccc(N2CCCCC2CO)cc1N.O=S(=O)(O)O.O=S(=O)(O)O.O=S(=O)(O)O.O=S(=O)(O)c1cccc2c(S(=O)(=O)O)cccc12.[HH].[HH].[HH]. The zero-order chi connectivity index (χ0) is 100. The maximum absolute atomic E-state index is 11.2. The van der Waals surface area contributed by atoms with Gasteiger partial charge >= 0.3 is 31.2 Å². The molecule has 6 saturated heterocycles. The van der Waals surface area contributed by atoms with Crippen LogP contribution in [-0.4, -0.2) is 245 Å². The monoisotopic (exact) mass is 2170 g/mol. The summed E-state index contributed by atoms with van der Waals surface area (Å²) in [6.45, 7) is 11.8. The van der Waals surface area contributed by atoms with Crippen LogP contribution in [0.15, 0.2) is 161 Å². The lowest BCUT2D eigenvalue weighted by atomic mass is 9.95. The number of aliphatic hydroxyl groups excluding tert-OH is 6. The van der Waals surface area contributed by atoms with E-state index >= 15 is 0 Å². The summed E-state index contributed by atoms with van der Waals surface area (Å²) in [4.78, 5) is 12.9. The molecule has 50 heteroatoms. The van der Waals surface area contributed by atoms with E-state index in [1.807, 2.05) is 85.8 Å². The predicted octanol–water partition coefficient (Wildman–Crippen LogP) is 13.0. The van der Waals surface area contributed by atoms with Gasteiger partial charge in [0.25, 0.3) is 20.2 Å². The smallest absolute Gasteiger partial charge is 0.394 e. The van der Waals surface area contributed by atoms with Crippen molar-refractivity contribution < 1.29 is 128 Å². The van der Waals surface area contributed by atoms with Gasteiger partial charge in [-0.1, -0.05) is 24.3 Å². The molecule has 8 unspecified atom stereocenters. The second kappa shape index (κ2) is 63.5. The maximum atomic E-state index is 11.2. The van der Waals surface area contributed by atoms with E-state index in [1.54, 1.807) is 27.4 Å². The van der Waals surface area contributed by atoms with Crippen LogP contribution in [0.5, 0.6) is 17.2 Å². The molecular formula is C89H148Cl5N13O27S5. The zero-order valence-electron chi connectivity index (χ0n) is 78.4. The third-order valence-electron chi connectivity index (χ3n) is 23.3. The van der Waals surface area contributed by atoms with Crippen LogP contribution in [0.2, 0.25) is 0 Å². The summed E-state index contributed by atoms with van der Waals surface area (Å²) in [6, 6.07) is 47.3. The molecule has 0 radical (unpaired) electrons. The summed E-state index contributed by atoms with van der Waals surface area (Å²) in [6.07, 6.45) is 21.6. The summed E-state index contributed by atoms with van der Waals surface area (Å²) >= 11 is 0. The van der Waals surface area contributed by atoms with E-state index in [0.717, 1.165) is 123 Å². The molecule has 0 bridgehead atoms. The standard InChI is InChI=1S/C14H22N2O3.C14H22N2O.C13H20N2O2.2C13H20N2O.C12H19N3O.C10H8O6S2.5ClH.3H2O4S.3H2/c1-19-14-7-10(5-6-13(14)15)16-11(8-17)3-2-4-12(16)9-18;1-10-5-4-6-11(2)16(10)12-7-8-13(15)14(9-12)17-3;1-17-13-8-10(5-6-12(13)14)15-7-3-2-4-11(15)9-16;1-10-8-11(5-6-13(10)14)15-7-3-2-4-12(15)9-16;14-11-4-6-13(7-5-11)15-9-2-1-3-12(15)8-10-16;13-11-5-4-9(7-12(11)14)15-6-2-1-3-10(15)8-16;11-17(12,13)9-5-1-3-7-8(9)4-2-6-10(7)18(14,15)16;;;;;;3*1-5(2,3)4;;;/h5-7,11-12,17-18H,2-4,8-9,15H2,1H3;7-11H,4-6,15H2,1-3H3;5-6,8,11,16H,2-4,7,9,14H2,1H3;5-6,8,12,16H,2-4,7,9,14H2,1H3;4-7,12,16H,1-3,8-10,14H2;4-5,7,10,16H,1-3,6,8,13-14H2;1-6H,(H,11,12,13)(H,14,15,16);5*1H;3*(H2,1,2,3,4);3*1H. The molecule has 0 aliphatic carbocycles. The highest BCUT2D eigenvalue weighted by Gasteiger charge is 2.32. The number of halogens is 5. The van der Waals surface area contributed by atoms with E-state index in [-0.39, 0.29) is 147 Å². The number of benzene rings is 8. The van der Waals surface area contributed by atoms with E-state index < -0.39 is 61.2 Å². The third-order valence-corrected chi connectivity index (χ3v) is 25.1. The number of aryl methyl sites for hydroxylation is 1. The minimum atomic E-state index is -4.67. The third kappa shape index (κ3) is 44.5. The Kier molecular flexibility index (Phi) is 59.6. The number of piperidine rings is 6. The van der Waals surface area contributed by atoms with Crippen molar-refractivity contribution >= 4 is 198 Å². The number of aliphatic hydroxyl groups is 6. The topological polar surface area (TPSA) is 683 Å². The van der Waals surface area contributed by atoms with E-state index in [9.17, 15) is 42.4 Å². The molecule has 0 saturated carbocycles. The van der Waals surface area contributed by atoms with Crippen molar-refractivity contribution in [1.29, 1.82) is 0 Å². The highest BCUT2D eigenvalue weighted by molar-refractivity contribution is 7.86. The first kappa shape index (κ1) is 130. The van der Waals surface area contributed by atoms with Crippen molar-refractivity contribution in [2.75, 3.05) is 157 Å². The van der Waals surface area contributed by atoms with Gasteiger partial charge in [0, 0.05) is 130 Å². The first-order valence-electron chi connectivity index (χ1n) is 43.6. The highest BCUT2D eigenvalue weighted by atomic mass is 35.5. The van der Waals surface area contributed by atoms with Crippen molar-refractivity contribution in [3.63, 3.8) is 0 Å². The van der Waals surface area contributed by atoms with Gasteiger partial charge in [-0.3, -0.25) is 36.4 Å². The zero-order valence-corrected chi connectivity index (χ0v) is 86.6. The molecular weight excluding hydrogens is 2020 g/mol. The van der Waals surface area contributed by atoms with Crippen molar-refractivity contribution in [1.82, 2.24) is 0 Å². The van der Waals surface area contributed by atoms with Gasteiger partial charge in [0.05, 0.1) is 113 Å². The Labute approximate surface area is 852 Å². The van der Waals surface area contributed by atoms with Gasteiger partial charge in [-0.25, -0.2) is 0 Å². The Bertz CT molecular complexity index is 5330. The molecule has 8 atom stereocenters. The molecule has 0 spiro atoms. The normalized spacial score (nSPS) is 18.9. The van der Waals surface area contributed by atoms with Gasteiger partial charge < -0.3 is 114 Å². The minimum absolute atomic E-state index is 0. The molecule has 6 aliphatic rings.